The molecule has 4 rings (SSSR count). The summed E-state index contributed by atoms with van der Waals surface area (Å²) in [6.45, 7) is 5.41. The Balaban J connectivity index is 1.84. The highest BCUT2D eigenvalue weighted by Gasteiger charge is 2.15. The Morgan fingerprint density at radius 2 is 1.71 bits per heavy atom. The second kappa shape index (κ2) is 4.52. The van der Waals surface area contributed by atoms with Gasteiger partial charge in [0.15, 0.2) is 11.5 Å². The van der Waals surface area contributed by atoms with Crippen LogP contribution in [0.25, 0.3) is 22.4 Å². The largest absolute Gasteiger partial charge is 0.486 e. The first-order valence-electron chi connectivity index (χ1n) is 7.08. The van der Waals surface area contributed by atoms with Crippen molar-refractivity contribution in [1.29, 1.82) is 0 Å². The lowest BCUT2D eigenvalue weighted by atomic mass is 10.1. The standard InChI is InChI=1S/C17H16N2O2/c1-10-3-4-12(7-11(10)2)17-18-13-8-15-16(9-14(13)19-17)21-6-5-20-15/h3-4,7-9H,5-6H2,1-2H3,(H,18,19). The molecule has 2 heterocycles. The topological polar surface area (TPSA) is 47.1 Å². The summed E-state index contributed by atoms with van der Waals surface area (Å²) in [5, 5.41) is 0. The number of fused-ring (bicyclic) bond motifs is 2. The van der Waals surface area contributed by atoms with Gasteiger partial charge in [0.2, 0.25) is 0 Å². The SMILES string of the molecule is Cc1ccc(-c2nc3cc4c(cc3[nH]2)OCCO4)cc1C. The molecule has 0 saturated heterocycles. The zero-order chi connectivity index (χ0) is 14.4. The molecule has 0 unspecified atom stereocenters. The lowest BCUT2D eigenvalue weighted by molar-refractivity contribution is 0.172. The van der Waals surface area contributed by atoms with Crippen molar-refractivity contribution >= 4 is 11.0 Å². The molecule has 1 aliphatic rings. The molecule has 0 radical (unpaired) electrons. The Labute approximate surface area is 122 Å². The van der Waals surface area contributed by atoms with Gasteiger partial charge in [-0.3, -0.25) is 0 Å². The Morgan fingerprint density at radius 1 is 0.952 bits per heavy atom. The zero-order valence-electron chi connectivity index (χ0n) is 12.1. The summed E-state index contributed by atoms with van der Waals surface area (Å²) in [5.74, 6) is 2.42. The number of aromatic amines is 1. The third-order valence-electron chi connectivity index (χ3n) is 3.93. The monoisotopic (exact) mass is 280 g/mol. The molecule has 0 bridgehead atoms. The normalized spacial score (nSPS) is 13.6. The van der Waals surface area contributed by atoms with Crippen molar-refractivity contribution in [2.75, 3.05) is 13.2 Å². The maximum atomic E-state index is 5.61. The molecular weight excluding hydrogens is 264 g/mol. The molecule has 1 aliphatic heterocycles. The molecule has 0 fully saturated rings. The minimum absolute atomic E-state index is 0.590. The maximum absolute atomic E-state index is 5.61. The summed E-state index contributed by atoms with van der Waals surface area (Å²) < 4.78 is 11.2. The van der Waals surface area contributed by atoms with Crippen molar-refractivity contribution in [3.63, 3.8) is 0 Å². The third kappa shape index (κ3) is 2.03. The molecule has 4 nitrogen and oxygen atoms in total. The van der Waals surface area contributed by atoms with Gasteiger partial charge in [0.25, 0.3) is 0 Å². The van der Waals surface area contributed by atoms with E-state index in [1.165, 1.54) is 11.1 Å². The van der Waals surface area contributed by atoms with Gasteiger partial charge >= 0.3 is 0 Å². The van der Waals surface area contributed by atoms with Gasteiger partial charge in [-0.05, 0) is 31.0 Å². The Hall–Kier alpha value is -2.49. The molecule has 21 heavy (non-hydrogen) atoms. The number of hydrogen-bond donors (Lipinski definition) is 1. The molecule has 1 N–H and O–H groups in total. The third-order valence-corrected chi connectivity index (χ3v) is 3.93. The second-order valence-electron chi connectivity index (χ2n) is 5.40. The molecule has 0 amide bonds. The van der Waals surface area contributed by atoms with Crippen LogP contribution < -0.4 is 9.47 Å². The first-order valence-corrected chi connectivity index (χ1v) is 7.08. The number of nitrogens with zero attached hydrogens (tertiary/aromatic N) is 1. The minimum atomic E-state index is 0.590. The first kappa shape index (κ1) is 12.3. The first-order chi connectivity index (χ1) is 10.2. The van der Waals surface area contributed by atoms with Crippen molar-refractivity contribution in [3.8, 4) is 22.9 Å². The van der Waals surface area contributed by atoms with E-state index in [2.05, 4.69) is 42.0 Å². The van der Waals surface area contributed by atoms with Crippen LogP contribution in [0.3, 0.4) is 0 Å². The molecule has 2 aromatic carbocycles. The van der Waals surface area contributed by atoms with E-state index in [1.54, 1.807) is 0 Å². The van der Waals surface area contributed by atoms with Crippen molar-refractivity contribution in [2.24, 2.45) is 0 Å². The number of hydrogen-bond acceptors (Lipinski definition) is 3. The lowest BCUT2D eigenvalue weighted by Gasteiger charge is -2.17. The second-order valence-corrected chi connectivity index (χ2v) is 5.40. The highest BCUT2D eigenvalue weighted by molar-refractivity contribution is 5.83. The number of rotatable bonds is 1. The van der Waals surface area contributed by atoms with E-state index in [-0.39, 0.29) is 0 Å². The Kier molecular flexibility index (Phi) is 2.64. The summed E-state index contributed by atoms with van der Waals surface area (Å²) in [6.07, 6.45) is 0. The molecule has 0 saturated carbocycles. The van der Waals surface area contributed by atoms with Crippen LogP contribution in [0.15, 0.2) is 30.3 Å². The van der Waals surface area contributed by atoms with Crippen LogP contribution in [-0.4, -0.2) is 23.2 Å². The smallest absolute Gasteiger partial charge is 0.163 e. The number of H-pyrrole nitrogens is 1. The van der Waals surface area contributed by atoms with Gasteiger partial charge in [-0.1, -0.05) is 12.1 Å². The van der Waals surface area contributed by atoms with Gasteiger partial charge in [-0.25, -0.2) is 4.98 Å². The van der Waals surface area contributed by atoms with Gasteiger partial charge in [0.05, 0.1) is 11.0 Å². The molecule has 0 aliphatic carbocycles. The van der Waals surface area contributed by atoms with Gasteiger partial charge in [-0.2, -0.15) is 0 Å². The fourth-order valence-electron chi connectivity index (χ4n) is 2.57. The van der Waals surface area contributed by atoms with E-state index in [0.717, 1.165) is 33.9 Å². The van der Waals surface area contributed by atoms with Crippen molar-refractivity contribution in [3.05, 3.63) is 41.5 Å². The average molecular weight is 280 g/mol. The average Bonchev–Trinajstić information content (AvgIpc) is 2.90. The fraction of sp³-hybridized carbons (Fsp3) is 0.235. The van der Waals surface area contributed by atoms with Crippen LogP contribution in [0, 0.1) is 13.8 Å². The number of ether oxygens (including phenoxy) is 2. The Bertz CT molecular complexity index is 793. The number of benzene rings is 2. The summed E-state index contributed by atoms with van der Waals surface area (Å²) in [5.41, 5.74) is 5.50. The van der Waals surface area contributed by atoms with E-state index in [9.17, 15) is 0 Å². The van der Waals surface area contributed by atoms with Crippen LogP contribution in [0.4, 0.5) is 0 Å². The quantitative estimate of drug-likeness (QED) is 0.740. The highest BCUT2D eigenvalue weighted by atomic mass is 16.6. The maximum Gasteiger partial charge on any atom is 0.163 e. The predicted octanol–water partition coefficient (Wildman–Crippen LogP) is 3.62. The highest BCUT2D eigenvalue weighted by Crippen LogP contribution is 2.34. The molecule has 3 aromatic rings. The van der Waals surface area contributed by atoms with Gasteiger partial charge < -0.3 is 14.5 Å². The number of imidazole rings is 1. The molecule has 0 atom stereocenters. The van der Waals surface area contributed by atoms with Crippen LogP contribution in [0.2, 0.25) is 0 Å². The van der Waals surface area contributed by atoms with E-state index >= 15 is 0 Å². The number of nitrogens with one attached hydrogen (secondary N) is 1. The molecule has 0 spiro atoms. The van der Waals surface area contributed by atoms with E-state index in [1.807, 2.05) is 12.1 Å². The van der Waals surface area contributed by atoms with Crippen LogP contribution >= 0.6 is 0 Å². The summed E-state index contributed by atoms with van der Waals surface area (Å²) in [6, 6.07) is 10.3. The summed E-state index contributed by atoms with van der Waals surface area (Å²) in [7, 11) is 0. The number of aromatic nitrogens is 2. The van der Waals surface area contributed by atoms with Crippen molar-refractivity contribution < 1.29 is 9.47 Å². The number of aryl methyl sites for hydroxylation is 2. The fourth-order valence-corrected chi connectivity index (χ4v) is 2.57. The lowest BCUT2D eigenvalue weighted by Crippen LogP contribution is -2.15. The van der Waals surface area contributed by atoms with E-state index in [0.29, 0.717) is 13.2 Å². The Morgan fingerprint density at radius 3 is 2.48 bits per heavy atom. The van der Waals surface area contributed by atoms with E-state index < -0.39 is 0 Å². The van der Waals surface area contributed by atoms with Crippen LogP contribution in [0.1, 0.15) is 11.1 Å². The van der Waals surface area contributed by atoms with Gasteiger partial charge in [-0.15, -0.1) is 0 Å². The summed E-state index contributed by atoms with van der Waals surface area (Å²) in [4.78, 5) is 8.03. The van der Waals surface area contributed by atoms with Gasteiger partial charge in [0, 0.05) is 17.7 Å². The molecular formula is C17H16N2O2. The molecule has 4 heteroatoms. The minimum Gasteiger partial charge on any atom is -0.486 e. The van der Waals surface area contributed by atoms with Crippen molar-refractivity contribution in [1.82, 2.24) is 9.97 Å². The van der Waals surface area contributed by atoms with E-state index in [4.69, 9.17) is 9.47 Å². The zero-order valence-corrected chi connectivity index (χ0v) is 12.1. The van der Waals surface area contributed by atoms with Crippen molar-refractivity contribution in [2.45, 2.75) is 13.8 Å². The predicted molar refractivity (Wildman–Crippen MR) is 82.0 cm³/mol. The molecule has 1 aromatic heterocycles. The van der Waals surface area contributed by atoms with Crippen LogP contribution in [-0.2, 0) is 0 Å². The molecule has 106 valence electrons. The summed E-state index contributed by atoms with van der Waals surface area (Å²) >= 11 is 0. The van der Waals surface area contributed by atoms with Crippen LogP contribution in [0.5, 0.6) is 11.5 Å². The van der Waals surface area contributed by atoms with Gasteiger partial charge in [0.1, 0.15) is 19.0 Å².